The van der Waals surface area contributed by atoms with Crippen LogP contribution in [0.15, 0.2) is 17.5 Å². The monoisotopic (exact) mass is 240 g/mol. The molecule has 4 nitrogen and oxygen atoms in total. The van der Waals surface area contributed by atoms with Gasteiger partial charge in [-0.1, -0.05) is 6.07 Å². The number of nitrogens with zero attached hydrogens (tertiary/aromatic N) is 1. The lowest BCUT2D eigenvalue weighted by Crippen LogP contribution is -2.51. The van der Waals surface area contributed by atoms with Gasteiger partial charge in [0.1, 0.15) is 0 Å². The minimum atomic E-state index is 0.0600. The van der Waals surface area contributed by atoms with E-state index in [-0.39, 0.29) is 12.5 Å². The van der Waals surface area contributed by atoms with Gasteiger partial charge in [-0.3, -0.25) is 9.69 Å². The molecule has 1 aromatic heterocycles. The molecular formula is C11H16N2O2S. The average Bonchev–Trinajstić information content (AvgIpc) is 2.72. The van der Waals surface area contributed by atoms with Gasteiger partial charge in [-0.05, 0) is 11.4 Å². The Balaban J connectivity index is 1.62. The molecule has 1 aliphatic rings. The van der Waals surface area contributed by atoms with Crippen molar-refractivity contribution in [3.8, 4) is 0 Å². The second kappa shape index (κ2) is 5.43. The lowest BCUT2D eigenvalue weighted by Gasteiger charge is -2.37. The van der Waals surface area contributed by atoms with Crippen LogP contribution in [0.3, 0.4) is 0 Å². The average molecular weight is 240 g/mol. The molecule has 0 saturated carbocycles. The molecule has 1 fully saturated rings. The molecule has 2 heterocycles. The maximum Gasteiger partial charge on any atom is 0.234 e. The van der Waals surface area contributed by atoms with Gasteiger partial charge in [-0.25, -0.2) is 0 Å². The van der Waals surface area contributed by atoms with Crippen molar-refractivity contribution in [1.82, 2.24) is 10.2 Å². The molecular weight excluding hydrogens is 224 g/mol. The van der Waals surface area contributed by atoms with Crippen molar-refractivity contribution >= 4 is 17.2 Å². The number of rotatable bonds is 5. The Bertz CT molecular complexity index is 334. The van der Waals surface area contributed by atoms with Crippen molar-refractivity contribution in [3.05, 3.63) is 22.4 Å². The summed E-state index contributed by atoms with van der Waals surface area (Å²) in [6.07, 6.45) is 0. The highest BCUT2D eigenvalue weighted by Gasteiger charge is 2.26. The van der Waals surface area contributed by atoms with Gasteiger partial charge in [0, 0.05) is 30.5 Å². The predicted octanol–water partition coefficient (Wildman–Crippen LogP) is 0.288. The summed E-state index contributed by atoms with van der Waals surface area (Å²) >= 11 is 1.65. The normalized spacial score (nSPS) is 17.1. The SMILES string of the molecule is O=C(CN1CC(CO)C1)NCc1cccs1. The fraction of sp³-hybridized carbons (Fsp3) is 0.545. The van der Waals surface area contributed by atoms with Gasteiger partial charge < -0.3 is 10.4 Å². The number of hydrogen-bond acceptors (Lipinski definition) is 4. The van der Waals surface area contributed by atoms with Crippen LogP contribution in [0.1, 0.15) is 4.88 Å². The summed E-state index contributed by atoms with van der Waals surface area (Å²) in [7, 11) is 0. The number of aliphatic hydroxyl groups excluding tert-OH is 1. The predicted molar refractivity (Wildman–Crippen MR) is 63.2 cm³/mol. The van der Waals surface area contributed by atoms with Crippen LogP contribution in [0.25, 0.3) is 0 Å². The van der Waals surface area contributed by atoms with E-state index in [2.05, 4.69) is 5.32 Å². The molecule has 88 valence electrons. The number of nitrogens with one attached hydrogen (secondary N) is 1. The van der Waals surface area contributed by atoms with Crippen molar-refractivity contribution in [2.45, 2.75) is 6.54 Å². The summed E-state index contributed by atoms with van der Waals surface area (Å²) in [5.74, 6) is 0.426. The molecule has 0 unspecified atom stereocenters. The first-order chi connectivity index (χ1) is 7.78. The van der Waals surface area contributed by atoms with Crippen LogP contribution in [-0.2, 0) is 11.3 Å². The van der Waals surface area contributed by atoms with E-state index in [9.17, 15) is 4.79 Å². The Labute approximate surface area is 98.9 Å². The maximum atomic E-state index is 11.5. The molecule has 1 amide bonds. The molecule has 0 spiro atoms. The zero-order chi connectivity index (χ0) is 11.4. The Morgan fingerprint density at radius 1 is 1.62 bits per heavy atom. The van der Waals surface area contributed by atoms with Gasteiger partial charge in [-0.15, -0.1) is 11.3 Å². The summed E-state index contributed by atoms with van der Waals surface area (Å²) in [4.78, 5) is 14.7. The summed E-state index contributed by atoms with van der Waals surface area (Å²) in [5.41, 5.74) is 0. The van der Waals surface area contributed by atoms with Crippen LogP contribution < -0.4 is 5.32 Å². The zero-order valence-electron chi connectivity index (χ0n) is 9.06. The number of aliphatic hydroxyl groups is 1. The molecule has 0 aromatic carbocycles. The van der Waals surface area contributed by atoms with E-state index in [1.165, 1.54) is 4.88 Å². The molecule has 2 rings (SSSR count). The van der Waals surface area contributed by atoms with Gasteiger partial charge in [-0.2, -0.15) is 0 Å². The minimum Gasteiger partial charge on any atom is -0.396 e. The van der Waals surface area contributed by atoms with Crippen molar-refractivity contribution < 1.29 is 9.90 Å². The summed E-state index contributed by atoms with van der Waals surface area (Å²) in [5, 5.41) is 13.7. The highest BCUT2D eigenvalue weighted by Crippen LogP contribution is 2.13. The molecule has 0 atom stereocenters. The molecule has 1 saturated heterocycles. The highest BCUT2D eigenvalue weighted by atomic mass is 32.1. The standard InChI is InChI=1S/C11H16N2O2S/c14-8-9-5-13(6-9)7-11(15)12-4-10-2-1-3-16-10/h1-3,9,14H,4-8H2,(H,12,15). The lowest BCUT2D eigenvalue weighted by molar-refractivity contribution is -0.124. The highest BCUT2D eigenvalue weighted by molar-refractivity contribution is 7.09. The maximum absolute atomic E-state index is 11.5. The lowest BCUT2D eigenvalue weighted by atomic mass is 10.0. The Hall–Kier alpha value is -0.910. The minimum absolute atomic E-state index is 0.0600. The summed E-state index contributed by atoms with van der Waals surface area (Å²) < 4.78 is 0. The quantitative estimate of drug-likeness (QED) is 0.778. The van der Waals surface area contributed by atoms with E-state index in [0.29, 0.717) is 19.0 Å². The van der Waals surface area contributed by atoms with E-state index in [1.807, 2.05) is 22.4 Å². The third-order valence-corrected chi connectivity index (χ3v) is 3.57. The summed E-state index contributed by atoms with van der Waals surface area (Å²) in [6, 6.07) is 3.99. The second-order valence-corrected chi connectivity index (χ2v) is 5.13. The first-order valence-corrected chi connectivity index (χ1v) is 6.28. The fourth-order valence-electron chi connectivity index (χ4n) is 1.78. The van der Waals surface area contributed by atoms with Crippen molar-refractivity contribution in [3.63, 3.8) is 0 Å². The van der Waals surface area contributed by atoms with Crippen LogP contribution >= 0.6 is 11.3 Å². The van der Waals surface area contributed by atoms with Crippen LogP contribution in [0.2, 0.25) is 0 Å². The first-order valence-electron chi connectivity index (χ1n) is 5.40. The van der Waals surface area contributed by atoms with Crippen molar-refractivity contribution in [2.24, 2.45) is 5.92 Å². The molecule has 5 heteroatoms. The number of thiophene rings is 1. The largest absolute Gasteiger partial charge is 0.396 e. The zero-order valence-corrected chi connectivity index (χ0v) is 9.87. The number of carbonyl (C=O) groups is 1. The van der Waals surface area contributed by atoms with Gasteiger partial charge >= 0.3 is 0 Å². The van der Waals surface area contributed by atoms with E-state index in [0.717, 1.165) is 13.1 Å². The number of carbonyl (C=O) groups excluding carboxylic acids is 1. The number of amides is 1. The molecule has 16 heavy (non-hydrogen) atoms. The molecule has 1 aliphatic heterocycles. The molecule has 1 aromatic rings. The van der Waals surface area contributed by atoms with E-state index < -0.39 is 0 Å². The topological polar surface area (TPSA) is 52.6 Å². The second-order valence-electron chi connectivity index (χ2n) is 4.10. The molecule has 0 aliphatic carbocycles. The molecule has 0 bridgehead atoms. The van der Waals surface area contributed by atoms with E-state index >= 15 is 0 Å². The van der Waals surface area contributed by atoms with Crippen molar-refractivity contribution in [1.29, 1.82) is 0 Å². The van der Waals surface area contributed by atoms with Gasteiger partial charge in [0.25, 0.3) is 0 Å². The van der Waals surface area contributed by atoms with Crippen LogP contribution in [0.5, 0.6) is 0 Å². The molecule has 2 N–H and O–H groups in total. The smallest absolute Gasteiger partial charge is 0.234 e. The van der Waals surface area contributed by atoms with Gasteiger partial charge in [0.2, 0.25) is 5.91 Å². The van der Waals surface area contributed by atoms with Crippen molar-refractivity contribution in [2.75, 3.05) is 26.2 Å². The summed E-state index contributed by atoms with van der Waals surface area (Å²) in [6.45, 7) is 2.97. The van der Waals surface area contributed by atoms with Gasteiger partial charge in [0.15, 0.2) is 0 Å². The van der Waals surface area contributed by atoms with Crippen LogP contribution in [0.4, 0.5) is 0 Å². The van der Waals surface area contributed by atoms with E-state index in [4.69, 9.17) is 5.11 Å². The number of likely N-dealkylation sites (tertiary alicyclic amines) is 1. The first kappa shape index (κ1) is 11.6. The Morgan fingerprint density at radius 2 is 2.44 bits per heavy atom. The Kier molecular flexibility index (Phi) is 3.93. The van der Waals surface area contributed by atoms with Gasteiger partial charge in [0.05, 0.1) is 13.1 Å². The van der Waals surface area contributed by atoms with Crippen LogP contribution in [0, 0.1) is 5.92 Å². The Morgan fingerprint density at radius 3 is 3.06 bits per heavy atom. The third kappa shape index (κ3) is 3.04. The molecule has 0 radical (unpaired) electrons. The fourth-order valence-corrected chi connectivity index (χ4v) is 2.42. The number of hydrogen-bond donors (Lipinski definition) is 2. The van der Waals surface area contributed by atoms with E-state index in [1.54, 1.807) is 11.3 Å². The third-order valence-electron chi connectivity index (χ3n) is 2.70. The van der Waals surface area contributed by atoms with Crippen LogP contribution in [-0.4, -0.2) is 42.2 Å².